The molecule has 0 aromatic carbocycles. The second-order valence-electron chi connectivity index (χ2n) is 21.3. The molecule has 0 aliphatic carbocycles. The van der Waals surface area contributed by atoms with Crippen molar-refractivity contribution < 1.29 is 32.9 Å². The Morgan fingerprint density at radius 3 is 1.22 bits per heavy atom. The summed E-state index contributed by atoms with van der Waals surface area (Å²) in [6, 6.07) is -0.916. The van der Waals surface area contributed by atoms with Crippen molar-refractivity contribution in [2.75, 3.05) is 40.9 Å². The number of rotatable bonds is 54. The summed E-state index contributed by atoms with van der Waals surface area (Å²) in [6.45, 7) is 4.50. The number of carbonyl (C=O) groups excluding carboxylic acids is 1. The van der Waals surface area contributed by atoms with Crippen molar-refractivity contribution in [3.8, 4) is 0 Å². The number of amides is 1. The summed E-state index contributed by atoms with van der Waals surface area (Å²) in [5.41, 5.74) is 0. The van der Waals surface area contributed by atoms with E-state index >= 15 is 0 Å². The Hall–Kier alpha value is -3.36. The van der Waals surface area contributed by atoms with E-state index in [0.29, 0.717) is 17.4 Å². The molecule has 1 amide bonds. The van der Waals surface area contributed by atoms with E-state index in [0.717, 1.165) is 109 Å². The van der Waals surface area contributed by atoms with Gasteiger partial charge >= 0.3 is 0 Å². The van der Waals surface area contributed by atoms with E-state index < -0.39 is 26.6 Å². The number of nitrogens with one attached hydrogen (secondary N) is 1. The zero-order valence-corrected chi connectivity index (χ0v) is 50.3. The zero-order chi connectivity index (χ0) is 55.6. The number of aliphatic hydroxyl groups is 1. The number of phosphoric ester groups is 1. The van der Waals surface area contributed by atoms with E-state index in [1.54, 1.807) is 6.08 Å². The van der Waals surface area contributed by atoms with Gasteiger partial charge in [0.05, 0.1) is 39.9 Å². The van der Waals surface area contributed by atoms with Gasteiger partial charge in [-0.2, -0.15) is 0 Å². The molecule has 3 atom stereocenters. The molecule has 3 unspecified atom stereocenters. The number of aliphatic hydroxyl groups excluding tert-OH is 1. The van der Waals surface area contributed by atoms with Gasteiger partial charge in [-0.15, -0.1) is 0 Å². The molecule has 0 aromatic heterocycles. The fourth-order valence-electron chi connectivity index (χ4n) is 8.10. The summed E-state index contributed by atoms with van der Waals surface area (Å²) in [5.74, 6) is -0.219. The highest BCUT2D eigenvalue weighted by Crippen LogP contribution is 2.38. The fraction of sp³-hybridized carbons (Fsp3) is 0.657. The van der Waals surface area contributed by atoms with Crippen molar-refractivity contribution in [1.82, 2.24) is 5.32 Å². The molecule has 0 heterocycles. The monoisotopic (exact) mass is 1070 g/mol. The van der Waals surface area contributed by atoms with Gasteiger partial charge in [-0.25, -0.2) is 0 Å². The zero-order valence-electron chi connectivity index (χ0n) is 49.4. The van der Waals surface area contributed by atoms with Gasteiger partial charge in [-0.05, 0) is 103 Å². The van der Waals surface area contributed by atoms with E-state index in [2.05, 4.69) is 141 Å². The molecule has 434 valence electrons. The Bertz CT molecular complexity index is 1700. The number of phosphoric acid groups is 1. The van der Waals surface area contributed by atoms with Gasteiger partial charge in [0.15, 0.2) is 0 Å². The first-order chi connectivity index (χ1) is 37.0. The van der Waals surface area contributed by atoms with Gasteiger partial charge in [0.2, 0.25) is 5.91 Å². The van der Waals surface area contributed by atoms with Crippen LogP contribution in [0.3, 0.4) is 0 Å². The molecular formula is C67H115N2O6P. The number of hydrogen-bond donors (Lipinski definition) is 2. The Kier molecular flexibility index (Phi) is 53.9. The van der Waals surface area contributed by atoms with Crippen molar-refractivity contribution in [2.24, 2.45) is 0 Å². The van der Waals surface area contributed by atoms with Crippen molar-refractivity contribution in [3.63, 3.8) is 0 Å². The van der Waals surface area contributed by atoms with Crippen LogP contribution in [-0.2, 0) is 18.4 Å². The maximum absolute atomic E-state index is 13.0. The Morgan fingerprint density at radius 2 is 0.816 bits per heavy atom. The van der Waals surface area contributed by atoms with E-state index in [4.69, 9.17) is 9.05 Å². The summed E-state index contributed by atoms with van der Waals surface area (Å²) in [7, 11) is 1.22. The highest BCUT2D eigenvalue weighted by atomic mass is 31.2. The molecule has 0 spiro atoms. The minimum atomic E-state index is -4.62. The molecule has 0 bridgehead atoms. The second-order valence-corrected chi connectivity index (χ2v) is 22.7. The van der Waals surface area contributed by atoms with E-state index in [9.17, 15) is 19.4 Å². The topological polar surface area (TPSA) is 108 Å². The third-order valence-electron chi connectivity index (χ3n) is 12.8. The first-order valence-corrected chi connectivity index (χ1v) is 32.0. The second kappa shape index (κ2) is 56.4. The normalized spacial score (nSPS) is 14.8. The molecule has 0 saturated carbocycles. The lowest BCUT2D eigenvalue weighted by Gasteiger charge is -2.29. The van der Waals surface area contributed by atoms with Gasteiger partial charge < -0.3 is 28.8 Å². The van der Waals surface area contributed by atoms with Crippen LogP contribution in [0.2, 0.25) is 0 Å². The van der Waals surface area contributed by atoms with Crippen molar-refractivity contribution in [2.45, 2.75) is 244 Å². The lowest BCUT2D eigenvalue weighted by molar-refractivity contribution is -0.870. The van der Waals surface area contributed by atoms with Crippen LogP contribution in [0.4, 0.5) is 0 Å². The Balaban J connectivity index is 4.19. The van der Waals surface area contributed by atoms with Crippen LogP contribution in [-0.4, -0.2) is 68.5 Å². The van der Waals surface area contributed by atoms with Gasteiger partial charge in [0.1, 0.15) is 13.2 Å². The number of likely N-dealkylation sites (N-methyl/N-ethyl adjacent to an activating group) is 1. The molecule has 9 heteroatoms. The van der Waals surface area contributed by atoms with E-state index in [1.165, 1.54) is 103 Å². The molecule has 76 heavy (non-hydrogen) atoms. The number of quaternary nitrogens is 1. The van der Waals surface area contributed by atoms with Crippen LogP contribution >= 0.6 is 7.82 Å². The first kappa shape index (κ1) is 72.6. The highest BCUT2D eigenvalue weighted by molar-refractivity contribution is 7.45. The molecule has 0 aliphatic rings. The van der Waals surface area contributed by atoms with Crippen molar-refractivity contribution >= 4 is 13.7 Å². The average molecular weight is 1080 g/mol. The third-order valence-corrected chi connectivity index (χ3v) is 13.8. The Labute approximate surface area is 468 Å². The van der Waals surface area contributed by atoms with E-state index in [1.807, 2.05) is 27.2 Å². The summed E-state index contributed by atoms with van der Waals surface area (Å²) in [4.78, 5) is 25.5. The molecule has 2 N–H and O–H groups in total. The number of allylic oxidation sites excluding steroid dienone is 21. The summed E-state index contributed by atoms with van der Waals surface area (Å²) < 4.78 is 23.3. The van der Waals surface area contributed by atoms with Crippen LogP contribution in [0, 0.1) is 0 Å². The maximum atomic E-state index is 13.0. The summed E-state index contributed by atoms with van der Waals surface area (Å²) >= 11 is 0. The first-order valence-electron chi connectivity index (χ1n) is 30.5. The predicted molar refractivity (Wildman–Crippen MR) is 329 cm³/mol. The van der Waals surface area contributed by atoms with E-state index in [-0.39, 0.29) is 12.5 Å². The number of hydrogen-bond acceptors (Lipinski definition) is 6. The number of nitrogens with zero attached hydrogens (tertiary/aromatic N) is 1. The van der Waals surface area contributed by atoms with Crippen molar-refractivity contribution in [1.29, 1.82) is 0 Å². The summed E-state index contributed by atoms with van der Waals surface area (Å²) in [6.07, 6.45) is 85.4. The van der Waals surface area contributed by atoms with Crippen LogP contribution in [0.15, 0.2) is 134 Å². The maximum Gasteiger partial charge on any atom is 0.268 e. The standard InChI is InChI=1S/C67H115N2O6P/c1-6-8-10-12-14-16-18-20-22-24-25-26-27-28-29-30-31-32-33-34-35-36-37-38-39-40-41-42-43-45-47-49-51-53-55-57-59-61-67(71)68-65(64-75-76(72,73)74-63-62-69(3,4)5)66(70)60-58-56-54-52-50-48-46-44-23-21-19-17-15-13-11-9-7-2/h8,10,14,16,20,22,25-26,28-29,31-32,34-35,37-38,40-41,50,52,58,60,65-66,70H,6-7,9,11-13,15,17-19,21,23-24,27,30,33,36,39,42-49,51,53-57,59,61-64H2,1-5H3,(H-,68,71,72,73)/b10-8-,16-14-,22-20-,26-25-,29-28-,32-31-,35-34-,38-37-,41-40-,52-50+,60-58+. The molecular weight excluding hydrogens is 960 g/mol. The molecule has 0 aromatic rings. The molecule has 0 rings (SSSR count). The number of unbranched alkanes of at least 4 members (excludes halogenated alkanes) is 21. The molecule has 8 nitrogen and oxygen atoms in total. The SMILES string of the molecule is CC/C=C\C/C=C\C/C=C\C/C=C\C/C=C\C/C=C\C/C=C\C/C=C\C/C=C\CCCCCCCCCCCC(=O)NC(COP(=O)([O-])OCC[N+](C)(C)C)C(O)/C=C/CC/C=C/CCCCCCCCCCCCC. The molecule has 0 aliphatic heterocycles. The number of carbonyl (C=O) groups is 1. The molecule has 0 radical (unpaired) electrons. The largest absolute Gasteiger partial charge is 0.756 e. The van der Waals surface area contributed by atoms with Crippen LogP contribution in [0.25, 0.3) is 0 Å². The predicted octanol–water partition coefficient (Wildman–Crippen LogP) is 18.5. The quantitative estimate of drug-likeness (QED) is 0.0272. The van der Waals surface area contributed by atoms with Gasteiger partial charge in [0, 0.05) is 6.42 Å². The van der Waals surface area contributed by atoms with Crippen molar-refractivity contribution in [3.05, 3.63) is 134 Å². The van der Waals surface area contributed by atoms with Crippen LogP contribution < -0.4 is 10.2 Å². The third kappa shape index (κ3) is 58.3. The Morgan fingerprint density at radius 1 is 0.474 bits per heavy atom. The minimum absolute atomic E-state index is 0.0139. The summed E-state index contributed by atoms with van der Waals surface area (Å²) in [5, 5.41) is 13.9. The lowest BCUT2D eigenvalue weighted by Crippen LogP contribution is -2.45. The highest BCUT2D eigenvalue weighted by Gasteiger charge is 2.23. The van der Waals surface area contributed by atoms with Gasteiger partial charge in [-0.1, -0.05) is 257 Å². The molecule has 0 saturated heterocycles. The lowest BCUT2D eigenvalue weighted by atomic mass is 10.0. The van der Waals surface area contributed by atoms with Crippen LogP contribution in [0.5, 0.6) is 0 Å². The fourth-order valence-corrected chi connectivity index (χ4v) is 8.83. The van der Waals surface area contributed by atoms with Crippen LogP contribution in [0.1, 0.15) is 232 Å². The van der Waals surface area contributed by atoms with Gasteiger partial charge in [-0.3, -0.25) is 9.36 Å². The average Bonchev–Trinajstić information content (AvgIpc) is 3.38. The smallest absolute Gasteiger partial charge is 0.268 e. The van der Waals surface area contributed by atoms with Gasteiger partial charge in [0.25, 0.3) is 7.82 Å². The molecule has 0 fully saturated rings. The minimum Gasteiger partial charge on any atom is -0.756 e.